The maximum absolute atomic E-state index is 11.0. The number of carboxylic acids is 1. The molecule has 120 valence electrons. The molecule has 5 heteroatoms. The Labute approximate surface area is 126 Å². The molecule has 0 aromatic carbocycles. The molecule has 0 aromatic heterocycles. The van der Waals surface area contributed by atoms with Crippen LogP contribution in [0.4, 0.5) is 0 Å². The molecule has 5 nitrogen and oxygen atoms in total. The maximum atomic E-state index is 11.0. The van der Waals surface area contributed by atoms with E-state index in [1.165, 1.54) is 25.3 Å². The third-order valence-electron chi connectivity index (χ3n) is 3.52. The molecule has 0 heterocycles. The summed E-state index contributed by atoms with van der Waals surface area (Å²) in [5, 5.41) is 19.5. The first-order chi connectivity index (χ1) is 9.78. The second-order valence-corrected chi connectivity index (χ2v) is 5.92. The molecule has 0 saturated heterocycles. The molecule has 3 atom stereocenters. The van der Waals surface area contributed by atoms with Crippen LogP contribution in [-0.2, 0) is 14.3 Å². The molecule has 1 aliphatic carbocycles. The molecule has 3 unspecified atom stereocenters. The molecule has 2 N–H and O–H groups in total. The molecule has 0 spiro atoms. The highest BCUT2D eigenvalue weighted by Gasteiger charge is 2.39. The molecule has 0 fully saturated rings. The summed E-state index contributed by atoms with van der Waals surface area (Å²) in [6.07, 6.45) is 6.05. The first kappa shape index (κ1) is 17.9. The van der Waals surface area contributed by atoms with Gasteiger partial charge in [-0.15, -0.1) is 0 Å². The highest BCUT2D eigenvalue weighted by Crippen LogP contribution is 2.28. The van der Waals surface area contributed by atoms with E-state index in [2.05, 4.69) is 13.8 Å². The van der Waals surface area contributed by atoms with Crippen LogP contribution in [0.25, 0.3) is 0 Å². The molecule has 0 aromatic rings. The van der Waals surface area contributed by atoms with E-state index < -0.39 is 17.9 Å². The molecule has 1 rings (SSSR count). The highest BCUT2D eigenvalue weighted by atomic mass is 16.7. The number of carbonyl (C=O) groups is 1. The van der Waals surface area contributed by atoms with Crippen LogP contribution in [0, 0.1) is 5.92 Å². The molecular formula is C16H26O5. The Morgan fingerprint density at radius 3 is 2.57 bits per heavy atom. The number of rotatable bonds is 8. The van der Waals surface area contributed by atoms with Gasteiger partial charge in [0.2, 0.25) is 5.79 Å². The summed E-state index contributed by atoms with van der Waals surface area (Å²) in [7, 11) is 1.41. The van der Waals surface area contributed by atoms with Crippen LogP contribution >= 0.6 is 0 Å². The van der Waals surface area contributed by atoms with Gasteiger partial charge in [-0.3, -0.25) is 0 Å². The van der Waals surface area contributed by atoms with Crippen LogP contribution in [0.1, 0.15) is 40.0 Å². The number of methoxy groups -OCH3 is 1. The SMILES string of the molecule is COC1C=C(C(=O)O)C=CC1(O)OC(C)CCCC(C)C. The first-order valence-corrected chi connectivity index (χ1v) is 7.36. The molecular weight excluding hydrogens is 272 g/mol. The minimum absolute atomic E-state index is 0.0857. The Hall–Kier alpha value is -1.17. The lowest BCUT2D eigenvalue weighted by Gasteiger charge is -2.35. The zero-order valence-electron chi connectivity index (χ0n) is 13.2. The van der Waals surface area contributed by atoms with E-state index in [0.717, 1.165) is 19.3 Å². The Morgan fingerprint density at radius 2 is 2.05 bits per heavy atom. The van der Waals surface area contributed by atoms with Crippen molar-refractivity contribution in [2.24, 2.45) is 5.92 Å². The molecule has 0 bridgehead atoms. The summed E-state index contributed by atoms with van der Waals surface area (Å²) >= 11 is 0. The van der Waals surface area contributed by atoms with Crippen molar-refractivity contribution < 1.29 is 24.5 Å². The lowest BCUT2D eigenvalue weighted by atomic mass is 9.98. The summed E-state index contributed by atoms with van der Waals surface area (Å²) in [5.41, 5.74) is 0.0857. The normalized spacial score (nSPS) is 26.8. The minimum Gasteiger partial charge on any atom is -0.478 e. The third-order valence-corrected chi connectivity index (χ3v) is 3.52. The molecule has 21 heavy (non-hydrogen) atoms. The molecule has 1 aliphatic rings. The number of ether oxygens (including phenoxy) is 2. The number of hydrogen-bond donors (Lipinski definition) is 2. The van der Waals surface area contributed by atoms with Crippen molar-refractivity contribution in [1.29, 1.82) is 0 Å². The van der Waals surface area contributed by atoms with Gasteiger partial charge in [0.1, 0.15) is 6.10 Å². The number of hydrogen-bond acceptors (Lipinski definition) is 4. The van der Waals surface area contributed by atoms with Gasteiger partial charge < -0.3 is 19.7 Å². The second-order valence-electron chi connectivity index (χ2n) is 5.92. The Morgan fingerprint density at radius 1 is 1.38 bits per heavy atom. The number of aliphatic hydroxyl groups is 1. The predicted molar refractivity (Wildman–Crippen MR) is 79.8 cm³/mol. The largest absolute Gasteiger partial charge is 0.478 e. The number of carboxylic acid groups (broad SMARTS) is 1. The summed E-state index contributed by atoms with van der Waals surface area (Å²) in [6, 6.07) is 0. The van der Waals surface area contributed by atoms with E-state index in [-0.39, 0.29) is 11.7 Å². The van der Waals surface area contributed by atoms with Crippen LogP contribution < -0.4 is 0 Å². The van der Waals surface area contributed by atoms with Crippen molar-refractivity contribution in [2.45, 2.75) is 58.0 Å². The monoisotopic (exact) mass is 298 g/mol. The predicted octanol–water partition coefficient (Wildman–Crippen LogP) is 2.50. The fraction of sp³-hybridized carbons (Fsp3) is 0.688. The van der Waals surface area contributed by atoms with Crippen molar-refractivity contribution >= 4 is 5.97 Å². The lowest BCUT2D eigenvalue weighted by Crippen LogP contribution is -2.47. The molecule has 0 aliphatic heterocycles. The topological polar surface area (TPSA) is 76.0 Å². The smallest absolute Gasteiger partial charge is 0.335 e. The standard InChI is InChI=1S/C16H26O5/c1-11(2)6-5-7-12(3)21-16(19)9-8-13(15(17)18)10-14(16)20-4/h8-12,14,19H,5-7H2,1-4H3,(H,17,18). The average Bonchev–Trinajstić information content (AvgIpc) is 2.37. The van der Waals surface area contributed by atoms with Gasteiger partial charge in [0.15, 0.2) is 0 Å². The third kappa shape index (κ3) is 5.26. The van der Waals surface area contributed by atoms with Crippen molar-refractivity contribution in [3.05, 3.63) is 23.8 Å². The van der Waals surface area contributed by atoms with E-state index in [1.807, 2.05) is 6.92 Å². The Balaban J connectivity index is 2.64. The number of aliphatic carboxylic acids is 1. The molecule has 0 radical (unpaired) electrons. The van der Waals surface area contributed by atoms with Crippen LogP contribution in [0.2, 0.25) is 0 Å². The van der Waals surface area contributed by atoms with Crippen molar-refractivity contribution in [2.75, 3.05) is 7.11 Å². The van der Waals surface area contributed by atoms with Gasteiger partial charge in [0, 0.05) is 7.11 Å². The fourth-order valence-electron chi connectivity index (χ4n) is 2.32. The van der Waals surface area contributed by atoms with Crippen molar-refractivity contribution in [3.8, 4) is 0 Å². The molecule has 0 amide bonds. The van der Waals surface area contributed by atoms with Gasteiger partial charge in [-0.2, -0.15) is 0 Å². The first-order valence-electron chi connectivity index (χ1n) is 7.36. The quantitative estimate of drug-likeness (QED) is 0.673. The Bertz CT molecular complexity index is 413. The van der Waals surface area contributed by atoms with E-state index in [9.17, 15) is 9.90 Å². The van der Waals surface area contributed by atoms with E-state index in [4.69, 9.17) is 14.6 Å². The summed E-state index contributed by atoms with van der Waals surface area (Å²) in [6.45, 7) is 6.24. The van der Waals surface area contributed by atoms with Crippen LogP contribution in [0.15, 0.2) is 23.8 Å². The fourth-order valence-corrected chi connectivity index (χ4v) is 2.32. The van der Waals surface area contributed by atoms with Gasteiger partial charge in [-0.25, -0.2) is 4.79 Å². The average molecular weight is 298 g/mol. The van der Waals surface area contributed by atoms with Crippen LogP contribution in [-0.4, -0.2) is 41.3 Å². The minimum atomic E-state index is -1.62. The van der Waals surface area contributed by atoms with Gasteiger partial charge >= 0.3 is 5.97 Å². The maximum Gasteiger partial charge on any atom is 0.335 e. The second kappa shape index (κ2) is 7.73. The summed E-state index contributed by atoms with van der Waals surface area (Å²) in [4.78, 5) is 11.0. The van der Waals surface area contributed by atoms with Gasteiger partial charge in [0.25, 0.3) is 0 Å². The zero-order chi connectivity index (χ0) is 16.0. The van der Waals surface area contributed by atoms with Gasteiger partial charge in [0.05, 0.1) is 11.7 Å². The summed E-state index contributed by atoms with van der Waals surface area (Å²) < 4.78 is 10.9. The van der Waals surface area contributed by atoms with Crippen LogP contribution in [0.3, 0.4) is 0 Å². The Kier molecular flexibility index (Phi) is 6.58. The van der Waals surface area contributed by atoms with E-state index in [0.29, 0.717) is 5.92 Å². The van der Waals surface area contributed by atoms with Crippen LogP contribution in [0.5, 0.6) is 0 Å². The van der Waals surface area contributed by atoms with Crippen molar-refractivity contribution in [1.82, 2.24) is 0 Å². The highest BCUT2D eigenvalue weighted by molar-refractivity contribution is 5.90. The summed E-state index contributed by atoms with van der Waals surface area (Å²) in [5.74, 6) is -2.03. The zero-order valence-corrected chi connectivity index (χ0v) is 13.2. The van der Waals surface area contributed by atoms with Gasteiger partial charge in [-0.1, -0.05) is 26.7 Å². The van der Waals surface area contributed by atoms with E-state index in [1.54, 1.807) is 0 Å². The van der Waals surface area contributed by atoms with Crippen molar-refractivity contribution in [3.63, 3.8) is 0 Å². The van der Waals surface area contributed by atoms with Gasteiger partial charge in [-0.05, 0) is 37.5 Å². The lowest BCUT2D eigenvalue weighted by molar-refractivity contribution is -0.239. The van der Waals surface area contributed by atoms with E-state index >= 15 is 0 Å². The molecule has 0 saturated carbocycles.